The van der Waals surface area contributed by atoms with E-state index in [0.29, 0.717) is 16.8 Å². The Morgan fingerprint density at radius 2 is 2.05 bits per heavy atom. The molecule has 0 saturated heterocycles. The van der Waals surface area contributed by atoms with Crippen LogP contribution in [0, 0.1) is 11.6 Å². The quantitative estimate of drug-likeness (QED) is 0.721. The Kier molecular flexibility index (Phi) is 3.50. The van der Waals surface area contributed by atoms with Gasteiger partial charge in [-0.3, -0.25) is 0 Å². The normalized spacial score (nSPS) is 11.0. The van der Waals surface area contributed by atoms with Gasteiger partial charge in [-0.25, -0.2) is 13.8 Å². The van der Waals surface area contributed by atoms with Crippen LogP contribution < -0.4 is 10.5 Å². The van der Waals surface area contributed by atoms with Gasteiger partial charge in [0, 0.05) is 11.8 Å². The zero-order valence-electron chi connectivity index (χ0n) is 10.6. The summed E-state index contributed by atoms with van der Waals surface area (Å²) in [6.45, 7) is -0.0876. The van der Waals surface area contributed by atoms with Crippen molar-refractivity contribution in [3.63, 3.8) is 0 Å². The van der Waals surface area contributed by atoms with Crippen LogP contribution in [0.3, 0.4) is 0 Å². The molecule has 7 heteroatoms. The second-order valence-electron chi connectivity index (χ2n) is 4.32. The molecule has 1 aromatic heterocycles. The van der Waals surface area contributed by atoms with Gasteiger partial charge < -0.3 is 14.9 Å². The zero-order valence-corrected chi connectivity index (χ0v) is 12.2. The van der Waals surface area contributed by atoms with Gasteiger partial charge in [0.2, 0.25) is 5.89 Å². The first-order valence-electron chi connectivity index (χ1n) is 5.95. The number of hydrogen-bond acceptors (Lipinski definition) is 4. The van der Waals surface area contributed by atoms with Gasteiger partial charge in [-0.05, 0) is 40.2 Å². The van der Waals surface area contributed by atoms with Crippen LogP contribution >= 0.6 is 15.9 Å². The molecule has 0 aliphatic rings. The summed E-state index contributed by atoms with van der Waals surface area (Å²) in [6.07, 6.45) is 0. The number of oxazole rings is 1. The van der Waals surface area contributed by atoms with Crippen LogP contribution in [-0.4, -0.2) is 4.98 Å². The number of halogens is 3. The highest BCUT2D eigenvalue weighted by atomic mass is 79.9. The van der Waals surface area contributed by atoms with Crippen molar-refractivity contribution in [2.75, 3.05) is 5.73 Å². The lowest BCUT2D eigenvalue weighted by Gasteiger charge is -2.07. The summed E-state index contributed by atoms with van der Waals surface area (Å²) in [7, 11) is 0. The average Bonchev–Trinajstić information content (AvgIpc) is 2.79. The van der Waals surface area contributed by atoms with E-state index < -0.39 is 11.6 Å². The van der Waals surface area contributed by atoms with Gasteiger partial charge in [-0.1, -0.05) is 0 Å². The molecule has 0 spiro atoms. The first-order valence-corrected chi connectivity index (χ1v) is 6.74. The number of nitrogens with two attached hydrogens (primary N) is 1. The van der Waals surface area contributed by atoms with Crippen LogP contribution in [0.2, 0.25) is 0 Å². The molecule has 0 aliphatic heterocycles. The first-order chi connectivity index (χ1) is 10.0. The molecule has 0 saturated carbocycles. The fourth-order valence-corrected chi connectivity index (χ4v) is 2.38. The molecule has 0 amide bonds. The van der Waals surface area contributed by atoms with E-state index in [1.807, 2.05) is 0 Å². The molecule has 108 valence electrons. The number of fused-ring (bicyclic) bond motifs is 1. The van der Waals surface area contributed by atoms with Crippen molar-refractivity contribution in [2.45, 2.75) is 6.61 Å². The molecule has 0 fully saturated rings. The molecule has 21 heavy (non-hydrogen) atoms. The highest BCUT2D eigenvalue weighted by Gasteiger charge is 2.13. The lowest BCUT2D eigenvalue weighted by atomic mass is 10.3. The third kappa shape index (κ3) is 2.82. The third-order valence-corrected chi connectivity index (χ3v) is 3.35. The van der Waals surface area contributed by atoms with Gasteiger partial charge in [0.15, 0.2) is 23.8 Å². The Morgan fingerprint density at radius 1 is 1.24 bits per heavy atom. The molecule has 0 atom stereocenters. The summed E-state index contributed by atoms with van der Waals surface area (Å²) in [4.78, 5) is 4.18. The Bertz CT molecular complexity index is 797. The summed E-state index contributed by atoms with van der Waals surface area (Å²) >= 11 is 3.04. The number of rotatable bonds is 3. The number of hydrogen-bond donors (Lipinski definition) is 1. The van der Waals surface area contributed by atoms with Gasteiger partial charge in [0.05, 0.1) is 4.47 Å². The van der Waals surface area contributed by atoms with E-state index in [-0.39, 0.29) is 22.7 Å². The van der Waals surface area contributed by atoms with Crippen molar-refractivity contribution in [1.82, 2.24) is 4.98 Å². The molecule has 3 rings (SSSR count). The fourth-order valence-electron chi connectivity index (χ4n) is 1.85. The van der Waals surface area contributed by atoms with Gasteiger partial charge >= 0.3 is 0 Å². The minimum Gasteiger partial charge on any atom is -0.480 e. The van der Waals surface area contributed by atoms with Crippen LogP contribution in [0.25, 0.3) is 11.1 Å². The lowest BCUT2D eigenvalue weighted by Crippen LogP contribution is -1.99. The summed E-state index contributed by atoms with van der Waals surface area (Å²) < 4.78 is 37.5. The van der Waals surface area contributed by atoms with Crippen LogP contribution in [0.1, 0.15) is 5.89 Å². The number of nitrogens with zero attached hydrogens (tertiary/aromatic N) is 1. The number of anilines is 1. The van der Waals surface area contributed by atoms with Gasteiger partial charge in [-0.15, -0.1) is 0 Å². The molecule has 2 N–H and O–H groups in total. The summed E-state index contributed by atoms with van der Waals surface area (Å²) in [5.41, 5.74) is 7.36. The van der Waals surface area contributed by atoms with E-state index in [4.69, 9.17) is 14.9 Å². The minimum absolute atomic E-state index is 0.0876. The van der Waals surface area contributed by atoms with E-state index in [1.165, 1.54) is 0 Å². The SMILES string of the molecule is Nc1ccc2oc(COc3c(F)cc(F)cc3Br)nc2c1. The molecule has 2 aromatic carbocycles. The van der Waals surface area contributed by atoms with Crippen LogP contribution in [0.4, 0.5) is 14.5 Å². The molecule has 3 aromatic rings. The standard InChI is InChI=1S/C14H9BrF2N2O2/c15-9-3-7(16)4-10(17)14(9)20-6-13-19-11-5-8(18)1-2-12(11)21-13/h1-5H,6,18H2. The van der Waals surface area contributed by atoms with Crippen molar-refractivity contribution in [3.8, 4) is 5.75 Å². The van der Waals surface area contributed by atoms with E-state index in [2.05, 4.69) is 20.9 Å². The third-order valence-electron chi connectivity index (χ3n) is 2.76. The predicted octanol–water partition coefficient (Wildman–Crippen LogP) is 4.03. The van der Waals surface area contributed by atoms with Crippen molar-refractivity contribution in [2.24, 2.45) is 0 Å². The highest BCUT2D eigenvalue weighted by Crippen LogP contribution is 2.30. The minimum atomic E-state index is -0.803. The number of ether oxygens (including phenoxy) is 1. The van der Waals surface area contributed by atoms with E-state index >= 15 is 0 Å². The first kappa shape index (κ1) is 13.8. The Hall–Kier alpha value is -2.15. The molecule has 0 unspecified atom stereocenters. The topological polar surface area (TPSA) is 61.3 Å². The fraction of sp³-hybridized carbons (Fsp3) is 0.0714. The van der Waals surface area contributed by atoms with Gasteiger partial charge in [0.25, 0.3) is 0 Å². The average molecular weight is 355 g/mol. The van der Waals surface area contributed by atoms with Crippen molar-refractivity contribution in [3.05, 3.63) is 52.3 Å². The van der Waals surface area contributed by atoms with E-state index in [9.17, 15) is 8.78 Å². The molecular weight excluding hydrogens is 346 g/mol. The molecular formula is C14H9BrF2N2O2. The van der Waals surface area contributed by atoms with Crippen LogP contribution in [-0.2, 0) is 6.61 Å². The Balaban J connectivity index is 1.83. The van der Waals surface area contributed by atoms with Crippen molar-refractivity contribution in [1.29, 1.82) is 0 Å². The summed E-state index contributed by atoms with van der Waals surface area (Å²) in [5.74, 6) is -1.32. The molecule has 1 heterocycles. The maximum absolute atomic E-state index is 13.6. The van der Waals surface area contributed by atoms with Crippen molar-refractivity contribution < 1.29 is 17.9 Å². The monoisotopic (exact) mass is 354 g/mol. The second-order valence-corrected chi connectivity index (χ2v) is 5.18. The molecule has 0 radical (unpaired) electrons. The maximum atomic E-state index is 13.6. The Labute approximate surface area is 126 Å². The summed E-state index contributed by atoms with van der Waals surface area (Å²) in [5, 5.41) is 0. The zero-order chi connectivity index (χ0) is 15.0. The number of nitrogen functional groups attached to an aromatic ring is 1. The summed E-state index contributed by atoms with van der Waals surface area (Å²) in [6, 6.07) is 6.90. The molecule has 4 nitrogen and oxygen atoms in total. The largest absolute Gasteiger partial charge is 0.480 e. The maximum Gasteiger partial charge on any atom is 0.233 e. The van der Waals surface area contributed by atoms with E-state index in [0.717, 1.165) is 12.1 Å². The van der Waals surface area contributed by atoms with Gasteiger partial charge in [0.1, 0.15) is 11.3 Å². The highest BCUT2D eigenvalue weighted by molar-refractivity contribution is 9.10. The molecule has 0 aliphatic carbocycles. The van der Waals surface area contributed by atoms with E-state index in [1.54, 1.807) is 18.2 Å². The van der Waals surface area contributed by atoms with Crippen LogP contribution in [0.5, 0.6) is 5.75 Å². The second kappa shape index (κ2) is 5.33. The van der Waals surface area contributed by atoms with Crippen LogP contribution in [0.15, 0.2) is 39.2 Å². The smallest absolute Gasteiger partial charge is 0.233 e. The van der Waals surface area contributed by atoms with Crippen molar-refractivity contribution >= 4 is 32.7 Å². The van der Waals surface area contributed by atoms with Gasteiger partial charge in [-0.2, -0.15) is 0 Å². The lowest BCUT2D eigenvalue weighted by molar-refractivity contribution is 0.253. The molecule has 0 bridgehead atoms. The Morgan fingerprint density at radius 3 is 2.81 bits per heavy atom. The number of aromatic nitrogens is 1. The number of benzene rings is 2. The predicted molar refractivity (Wildman–Crippen MR) is 76.8 cm³/mol.